The summed E-state index contributed by atoms with van der Waals surface area (Å²) in [6.45, 7) is 5.69. The second-order valence-electron chi connectivity index (χ2n) is 3.98. The van der Waals surface area contributed by atoms with Gasteiger partial charge in [0.25, 0.3) is 0 Å². The van der Waals surface area contributed by atoms with Crippen LogP contribution in [0.25, 0.3) is 0 Å². The van der Waals surface area contributed by atoms with Gasteiger partial charge < -0.3 is 4.52 Å². The normalized spacial score (nSPS) is 52.9. The summed E-state index contributed by atoms with van der Waals surface area (Å²) in [5.41, 5.74) is 5.09. The fourth-order valence-corrected chi connectivity index (χ4v) is 6.21. The molecular weight excluding hydrogens is 155 g/mol. The monoisotopic (exact) mass is 168 g/mol. The first-order valence-corrected chi connectivity index (χ1v) is 5.77. The van der Waals surface area contributed by atoms with Crippen LogP contribution < -0.4 is 0 Å². The third-order valence-electron chi connectivity index (χ3n) is 3.56. The summed E-state index contributed by atoms with van der Waals surface area (Å²) in [6, 6.07) is 0. The predicted molar refractivity (Wildman–Crippen MR) is 46.9 cm³/mol. The van der Waals surface area contributed by atoms with Crippen molar-refractivity contribution in [3.05, 3.63) is 11.1 Å². The molecule has 0 spiro atoms. The quantitative estimate of drug-likeness (QED) is 0.399. The van der Waals surface area contributed by atoms with Gasteiger partial charge in [0.2, 0.25) is 0 Å². The Morgan fingerprint density at radius 3 is 2.82 bits per heavy atom. The van der Waals surface area contributed by atoms with E-state index in [1.807, 2.05) is 0 Å². The second kappa shape index (κ2) is 1.89. The van der Waals surface area contributed by atoms with Crippen LogP contribution in [-0.4, -0.2) is 17.9 Å². The van der Waals surface area contributed by atoms with Crippen LogP contribution in [0.4, 0.5) is 0 Å². The lowest BCUT2D eigenvalue weighted by molar-refractivity contribution is 0.287. The van der Waals surface area contributed by atoms with Gasteiger partial charge in [0, 0.05) is 19.5 Å². The average molecular weight is 168 g/mol. The Kier molecular flexibility index (Phi) is 1.14. The maximum Gasteiger partial charge on any atom is 0.0548 e. The largest absolute Gasteiger partial charge is 0.358 e. The molecule has 0 aromatic heterocycles. The van der Waals surface area contributed by atoms with E-state index in [1.54, 1.807) is 11.1 Å². The van der Waals surface area contributed by atoms with Crippen LogP contribution in [0, 0.1) is 5.92 Å². The molecule has 0 N–H and O–H groups in total. The zero-order valence-corrected chi connectivity index (χ0v) is 7.90. The van der Waals surface area contributed by atoms with Crippen molar-refractivity contribution >= 4 is 8.15 Å². The lowest BCUT2D eigenvalue weighted by Gasteiger charge is -2.22. The molecular formula is C9H13OP. The van der Waals surface area contributed by atoms with Gasteiger partial charge in [-0.05, 0) is 26.2 Å². The van der Waals surface area contributed by atoms with Gasteiger partial charge in [0.05, 0.1) is 6.61 Å². The first kappa shape index (κ1) is 6.62. The molecule has 0 aromatic rings. The number of hydrogen-bond acceptors (Lipinski definition) is 1. The highest BCUT2D eigenvalue weighted by atomic mass is 31.1. The highest BCUT2D eigenvalue weighted by Crippen LogP contribution is 2.72. The molecule has 3 rings (SSSR count). The predicted octanol–water partition coefficient (Wildman–Crippen LogP) is 2.52. The van der Waals surface area contributed by atoms with Gasteiger partial charge in [-0.3, -0.25) is 0 Å². The van der Waals surface area contributed by atoms with Crippen molar-refractivity contribution in [2.75, 3.05) is 6.61 Å². The highest BCUT2D eigenvalue weighted by Gasteiger charge is 2.55. The summed E-state index contributed by atoms with van der Waals surface area (Å²) in [4.78, 5) is 0. The molecule has 2 heteroatoms. The van der Waals surface area contributed by atoms with E-state index in [0.717, 1.165) is 23.8 Å². The fourth-order valence-electron chi connectivity index (χ4n) is 2.84. The van der Waals surface area contributed by atoms with Crippen molar-refractivity contribution in [3.8, 4) is 0 Å². The maximum absolute atomic E-state index is 5.80. The molecule has 3 heterocycles. The van der Waals surface area contributed by atoms with Crippen LogP contribution in [0.3, 0.4) is 0 Å². The first-order valence-electron chi connectivity index (χ1n) is 4.37. The maximum atomic E-state index is 5.80. The Labute approximate surface area is 68.7 Å². The molecule has 0 amide bonds. The molecule has 4 atom stereocenters. The molecule has 0 aromatic carbocycles. The zero-order chi connectivity index (χ0) is 7.59. The van der Waals surface area contributed by atoms with E-state index in [4.69, 9.17) is 4.52 Å². The molecule has 2 fully saturated rings. The van der Waals surface area contributed by atoms with E-state index in [0.29, 0.717) is 0 Å². The van der Waals surface area contributed by atoms with E-state index in [2.05, 4.69) is 13.8 Å². The van der Waals surface area contributed by atoms with Crippen molar-refractivity contribution in [2.24, 2.45) is 5.92 Å². The van der Waals surface area contributed by atoms with Gasteiger partial charge in [0.1, 0.15) is 0 Å². The van der Waals surface area contributed by atoms with Crippen molar-refractivity contribution < 1.29 is 4.52 Å². The summed E-state index contributed by atoms with van der Waals surface area (Å²) < 4.78 is 5.80. The van der Waals surface area contributed by atoms with Crippen LogP contribution >= 0.6 is 8.15 Å². The Bertz CT molecular complexity index is 246. The van der Waals surface area contributed by atoms with E-state index in [9.17, 15) is 0 Å². The van der Waals surface area contributed by atoms with E-state index >= 15 is 0 Å². The molecule has 0 aliphatic carbocycles. The third-order valence-corrected chi connectivity index (χ3v) is 6.57. The van der Waals surface area contributed by atoms with Crippen molar-refractivity contribution in [2.45, 2.75) is 31.6 Å². The topological polar surface area (TPSA) is 9.23 Å². The molecule has 3 aliphatic heterocycles. The standard InChI is InChI=1S/C9H13OP/c1-5-6(2)9-7-3-8(5)11(9)10-4-7/h7-9H,3-4H2,1-2H3/t7-,8-,9-,11?/m0/s1. The summed E-state index contributed by atoms with van der Waals surface area (Å²) in [5, 5.41) is 0. The van der Waals surface area contributed by atoms with Gasteiger partial charge in [0.15, 0.2) is 0 Å². The molecule has 11 heavy (non-hydrogen) atoms. The van der Waals surface area contributed by atoms with Gasteiger partial charge in [-0.1, -0.05) is 11.1 Å². The van der Waals surface area contributed by atoms with E-state index < -0.39 is 0 Å². The molecule has 1 nitrogen and oxygen atoms in total. The fraction of sp³-hybridized carbons (Fsp3) is 0.778. The Hall–Kier alpha value is 0.130. The van der Waals surface area contributed by atoms with Crippen molar-refractivity contribution in [1.29, 1.82) is 0 Å². The van der Waals surface area contributed by atoms with Crippen LogP contribution in [0.5, 0.6) is 0 Å². The second-order valence-corrected chi connectivity index (χ2v) is 6.14. The van der Waals surface area contributed by atoms with E-state index in [-0.39, 0.29) is 8.15 Å². The SMILES string of the molecule is CC1=C(C)[C@H]2[C@@H]3COP2[C@H]1C3. The van der Waals surface area contributed by atoms with Gasteiger partial charge >= 0.3 is 0 Å². The minimum absolute atomic E-state index is 0.0329. The Morgan fingerprint density at radius 2 is 2.18 bits per heavy atom. The van der Waals surface area contributed by atoms with Crippen LogP contribution in [0.1, 0.15) is 20.3 Å². The van der Waals surface area contributed by atoms with Crippen LogP contribution in [0.15, 0.2) is 11.1 Å². The van der Waals surface area contributed by atoms with Gasteiger partial charge in [-0.15, -0.1) is 0 Å². The molecule has 1 unspecified atom stereocenters. The Balaban J connectivity index is 2.10. The molecule has 2 saturated heterocycles. The average Bonchev–Trinajstić information content (AvgIpc) is 2.61. The molecule has 3 aliphatic rings. The summed E-state index contributed by atoms with van der Waals surface area (Å²) in [6.07, 6.45) is 1.44. The number of hydrogen-bond donors (Lipinski definition) is 0. The minimum atomic E-state index is -0.0329. The molecule has 0 saturated carbocycles. The van der Waals surface area contributed by atoms with Crippen LogP contribution in [0.2, 0.25) is 0 Å². The smallest absolute Gasteiger partial charge is 0.0548 e. The number of allylic oxidation sites excluding steroid dienone is 2. The first-order chi connectivity index (χ1) is 5.29. The van der Waals surface area contributed by atoms with Gasteiger partial charge in [-0.25, -0.2) is 0 Å². The summed E-state index contributed by atoms with van der Waals surface area (Å²) in [5.74, 6) is 0.912. The van der Waals surface area contributed by atoms with Gasteiger partial charge in [-0.2, -0.15) is 0 Å². The Morgan fingerprint density at radius 1 is 1.36 bits per heavy atom. The third kappa shape index (κ3) is 0.610. The lowest BCUT2D eigenvalue weighted by atomic mass is 9.86. The summed E-state index contributed by atoms with van der Waals surface area (Å²) in [7, 11) is -0.0329. The zero-order valence-electron chi connectivity index (χ0n) is 7.00. The van der Waals surface area contributed by atoms with E-state index in [1.165, 1.54) is 6.42 Å². The molecule has 4 bridgehead atoms. The van der Waals surface area contributed by atoms with Crippen LogP contribution in [-0.2, 0) is 4.52 Å². The van der Waals surface area contributed by atoms with Crippen molar-refractivity contribution in [1.82, 2.24) is 0 Å². The van der Waals surface area contributed by atoms with Crippen molar-refractivity contribution in [3.63, 3.8) is 0 Å². The lowest BCUT2D eigenvalue weighted by Crippen LogP contribution is -2.19. The molecule has 0 radical (unpaired) electrons. The summed E-state index contributed by atoms with van der Waals surface area (Å²) >= 11 is 0. The molecule has 60 valence electrons. The number of rotatable bonds is 0. The minimum Gasteiger partial charge on any atom is -0.358 e. The highest BCUT2D eigenvalue weighted by molar-refractivity contribution is 7.56.